The minimum absolute atomic E-state index is 0.101. The van der Waals surface area contributed by atoms with Crippen LogP contribution in [0.3, 0.4) is 0 Å². The topological polar surface area (TPSA) is 111 Å². The van der Waals surface area contributed by atoms with Crippen LogP contribution in [0.5, 0.6) is 0 Å². The molecule has 0 aliphatic rings. The fourth-order valence-corrected chi connectivity index (χ4v) is 10.9. The Balaban J connectivity index is 3.31. The number of ether oxygens (including phenoxy) is 2. The maximum absolute atomic E-state index is 13.1. The molecular formula is C29H49NO7Si. The van der Waals surface area contributed by atoms with Crippen molar-refractivity contribution in [3.63, 3.8) is 0 Å². The summed E-state index contributed by atoms with van der Waals surface area (Å²) in [6.45, 7) is 20.3. The molecule has 0 spiro atoms. The molecule has 9 heteroatoms. The molecule has 1 aromatic carbocycles. The van der Waals surface area contributed by atoms with E-state index in [2.05, 4.69) is 46.9 Å². The van der Waals surface area contributed by atoms with Crippen LogP contribution in [-0.2, 0) is 30.1 Å². The molecule has 0 radical (unpaired) electrons. The number of carbonyl (C=O) groups is 3. The van der Waals surface area contributed by atoms with Crippen LogP contribution in [0, 0.1) is 11.8 Å². The van der Waals surface area contributed by atoms with Crippen molar-refractivity contribution in [2.45, 2.75) is 117 Å². The predicted molar refractivity (Wildman–Crippen MR) is 151 cm³/mol. The van der Waals surface area contributed by atoms with E-state index in [-0.39, 0.29) is 35.6 Å². The third-order valence-corrected chi connectivity index (χ3v) is 13.3. The summed E-state index contributed by atoms with van der Waals surface area (Å²) in [7, 11) is -2.49. The van der Waals surface area contributed by atoms with Gasteiger partial charge in [-0.1, -0.05) is 99.6 Å². The summed E-state index contributed by atoms with van der Waals surface area (Å²) in [6, 6.07) is 8.82. The van der Waals surface area contributed by atoms with Crippen molar-refractivity contribution in [1.29, 1.82) is 0 Å². The predicted octanol–water partition coefficient (Wildman–Crippen LogP) is 6.54. The maximum Gasteiger partial charge on any atom is 0.407 e. The maximum atomic E-state index is 13.1. The number of carbonyl (C=O) groups excluding carboxylic acids is 2. The largest absolute Gasteiger partial charge is 0.478 e. The molecule has 3 atom stereocenters. The van der Waals surface area contributed by atoms with E-state index in [0.29, 0.717) is 0 Å². The Labute approximate surface area is 229 Å². The average Bonchev–Trinajstić information content (AvgIpc) is 2.81. The molecule has 1 aromatic rings. The molecule has 1 rings (SSSR count). The quantitative estimate of drug-likeness (QED) is 0.188. The Bertz CT molecular complexity index is 864. The highest BCUT2D eigenvalue weighted by Gasteiger charge is 2.48. The van der Waals surface area contributed by atoms with E-state index in [9.17, 15) is 19.5 Å². The molecular weight excluding hydrogens is 502 g/mol. The van der Waals surface area contributed by atoms with Gasteiger partial charge in [-0.25, -0.2) is 9.59 Å². The zero-order valence-corrected chi connectivity index (χ0v) is 25.8. The first kappa shape index (κ1) is 33.6. The van der Waals surface area contributed by atoms with E-state index in [1.54, 1.807) is 13.8 Å². The number of aliphatic carboxylic acids is 1. The van der Waals surface area contributed by atoms with Crippen LogP contribution in [0.4, 0.5) is 4.79 Å². The van der Waals surface area contributed by atoms with Gasteiger partial charge in [-0.15, -0.1) is 0 Å². The second kappa shape index (κ2) is 15.3. The average molecular weight is 552 g/mol. The monoisotopic (exact) mass is 551 g/mol. The summed E-state index contributed by atoms with van der Waals surface area (Å²) in [6.07, 6.45) is -2.76. The molecule has 0 aliphatic heterocycles. The minimum Gasteiger partial charge on any atom is -0.478 e. The number of amides is 1. The van der Waals surface area contributed by atoms with E-state index in [0.717, 1.165) is 5.56 Å². The van der Waals surface area contributed by atoms with Gasteiger partial charge in [0.2, 0.25) is 14.4 Å². The van der Waals surface area contributed by atoms with Crippen LogP contribution >= 0.6 is 0 Å². The molecule has 0 aliphatic carbocycles. The third-order valence-electron chi connectivity index (χ3n) is 7.15. The summed E-state index contributed by atoms with van der Waals surface area (Å²) in [5.41, 5.74) is 1.57. The van der Waals surface area contributed by atoms with Gasteiger partial charge in [0.15, 0.2) is 0 Å². The van der Waals surface area contributed by atoms with Crippen LogP contribution < -0.4 is 5.32 Å². The molecule has 0 unspecified atom stereocenters. The van der Waals surface area contributed by atoms with Gasteiger partial charge in [0.25, 0.3) is 0 Å². The van der Waals surface area contributed by atoms with Crippen LogP contribution in [0.15, 0.2) is 30.3 Å². The number of hydrogen-bond donors (Lipinski definition) is 2. The lowest BCUT2D eigenvalue weighted by Gasteiger charge is -2.46. The zero-order valence-electron chi connectivity index (χ0n) is 24.8. The fraction of sp³-hybridized carbons (Fsp3) is 0.690. The van der Waals surface area contributed by atoms with Crippen LogP contribution in [0.25, 0.3) is 0 Å². The number of carboxylic acids is 1. The lowest BCUT2D eigenvalue weighted by Crippen LogP contribution is -2.57. The van der Waals surface area contributed by atoms with Gasteiger partial charge in [0.05, 0.1) is 18.6 Å². The molecule has 0 bridgehead atoms. The molecule has 0 heterocycles. The van der Waals surface area contributed by atoms with Gasteiger partial charge in [-0.05, 0) is 28.1 Å². The summed E-state index contributed by atoms with van der Waals surface area (Å²) in [5.74, 6) is -2.35. The van der Waals surface area contributed by atoms with E-state index in [1.807, 2.05) is 44.2 Å². The first-order valence-corrected chi connectivity index (χ1v) is 15.8. The van der Waals surface area contributed by atoms with Crippen molar-refractivity contribution >= 4 is 26.3 Å². The molecule has 8 nitrogen and oxygen atoms in total. The third kappa shape index (κ3) is 9.41. The van der Waals surface area contributed by atoms with Gasteiger partial charge >= 0.3 is 18.0 Å². The van der Waals surface area contributed by atoms with Gasteiger partial charge in [-0.2, -0.15) is 0 Å². The van der Waals surface area contributed by atoms with Crippen molar-refractivity contribution in [3.8, 4) is 0 Å². The SMILES string of the molecule is CC(C)[C@H](OC(=O)C[C@H](O[Si](C(C)C)(C(C)C)C(C)C)[C@H](NC(=O)OCc1ccccc1)C(C)C)C(=O)O. The Morgan fingerprint density at radius 1 is 0.842 bits per heavy atom. The number of hydrogen-bond acceptors (Lipinski definition) is 6. The molecule has 1 amide bonds. The van der Waals surface area contributed by atoms with E-state index < -0.39 is 50.5 Å². The van der Waals surface area contributed by atoms with Gasteiger partial charge in [0.1, 0.15) is 6.61 Å². The van der Waals surface area contributed by atoms with Crippen LogP contribution in [-0.4, -0.2) is 49.7 Å². The summed E-state index contributed by atoms with van der Waals surface area (Å²) >= 11 is 0. The standard InChI is InChI=1S/C29H49NO7Si/c1-18(2)26(30-29(34)35-17-23-14-12-11-13-15-23)24(16-25(31)36-27(19(3)4)28(32)33)37-38(20(5)6,21(7)8)22(9)10/h11-15,18-22,24,26-27H,16-17H2,1-10H3,(H,30,34)(H,32,33)/t24-,26+,27-/m0/s1. The van der Waals surface area contributed by atoms with Gasteiger partial charge in [0, 0.05) is 5.92 Å². The lowest BCUT2D eigenvalue weighted by molar-refractivity contribution is -0.168. The number of rotatable bonds is 15. The normalized spacial score (nSPS) is 14.6. The van der Waals surface area contributed by atoms with Gasteiger partial charge in [-0.3, -0.25) is 4.79 Å². The number of carboxylic acid groups (broad SMARTS) is 1. The molecule has 38 heavy (non-hydrogen) atoms. The first-order valence-electron chi connectivity index (χ1n) is 13.7. The molecule has 216 valence electrons. The molecule has 0 fully saturated rings. The Morgan fingerprint density at radius 2 is 1.37 bits per heavy atom. The number of esters is 1. The number of alkyl carbamates (subject to hydrolysis) is 1. The molecule has 0 saturated carbocycles. The lowest BCUT2D eigenvalue weighted by atomic mass is 9.96. The highest BCUT2D eigenvalue weighted by molar-refractivity contribution is 6.77. The van der Waals surface area contributed by atoms with E-state index in [4.69, 9.17) is 13.9 Å². The van der Waals surface area contributed by atoms with E-state index >= 15 is 0 Å². The minimum atomic E-state index is -2.49. The highest BCUT2D eigenvalue weighted by Crippen LogP contribution is 2.44. The molecule has 0 saturated heterocycles. The number of benzene rings is 1. The fourth-order valence-electron chi connectivity index (χ4n) is 5.33. The number of nitrogens with one attached hydrogen (secondary N) is 1. The van der Waals surface area contributed by atoms with Crippen molar-refractivity contribution in [1.82, 2.24) is 5.32 Å². The summed E-state index contributed by atoms with van der Waals surface area (Å²) < 4.78 is 17.9. The van der Waals surface area contributed by atoms with Crippen molar-refractivity contribution in [3.05, 3.63) is 35.9 Å². The first-order chi connectivity index (χ1) is 17.6. The second-order valence-corrected chi connectivity index (χ2v) is 17.1. The van der Waals surface area contributed by atoms with Gasteiger partial charge < -0.3 is 24.3 Å². The Kier molecular flexibility index (Phi) is 13.5. The Hall–Kier alpha value is -2.39. The molecule has 2 N–H and O–H groups in total. The van der Waals surface area contributed by atoms with Crippen LogP contribution in [0.2, 0.25) is 16.6 Å². The smallest absolute Gasteiger partial charge is 0.407 e. The zero-order chi connectivity index (χ0) is 29.2. The van der Waals surface area contributed by atoms with Crippen LogP contribution in [0.1, 0.15) is 81.2 Å². The molecule has 0 aromatic heterocycles. The summed E-state index contributed by atoms with van der Waals surface area (Å²) in [4.78, 5) is 37.6. The van der Waals surface area contributed by atoms with Crippen molar-refractivity contribution in [2.24, 2.45) is 11.8 Å². The second-order valence-electron chi connectivity index (χ2n) is 11.6. The summed E-state index contributed by atoms with van der Waals surface area (Å²) in [5, 5.41) is 12.5. The van der Waals surface area contributed by atoms with Crippen molar-refractivity contribution < 1.29 is 33.4 Å². The van der Waals surface area contributed by atoms with E-state index in [1.165, 1.54) is 0 Å². The van der Waals surface area contributed by atoms with Crippen molar-refractivity contribution in [2.75, 3.05) is 0 Å². The Morgan fingerprint density at radius 3 is 1.79 bits per heavy atom. The highest BCUT2D eigenvalue weighted by atomic mass is 28.4.